The van der Waals surface area contributed by atoms with Crippen molar-refractivity contribution in [3.8, 4) is 0 Å². The topological polar surface area (TPSA) is 55.2 Å². The van der Waals surface area contributed by atoms with Gasteiger partial charge in [-0.25, -0.2) is 0 Å². The van der Waals surface area contributed by atoms with E-state index in [-0.39, 0.29) is 5.69 Å². The molecule has 0 radical (unpaired) electrons. The molecule has 0 saturated heterocycles. The molecule has 5 heteroatoms. The Bertz CT molecular complexity index is 614. The summed E-state index contributed by atoms with van der Waals surface area (Å²) in [7, 11) is 0. The van der Waals surface area contributed by atoms with Gasteiger partial charge in [0.15, 0.2) is 0 Å². The van der Waals surface area contributed by atoms with Crippen molar-refractivity contribution in [2.45, 2.75) is 13.5 Å². The zero-order valence-corrected chi connectivity index (χ0v) is 11.1. The van der Waals surface area contributed by atoms with Gasteiger partial charge in [0, 0.05) is 29.4 Å². The van der Waals surface area contributed by atoms with Gasteiger partial charge in [0.25, 0.3) is 5.69 Å². The molecule has 0 aliphatic rings. The van der Waals surface area contributed by atoms with E-state index in [1.54, 1.807) is 6.07 Å². The van der Waals surface area contributed by atoms with Crippen LogP contribution in [0.5, 0.6) is 0 Å². The van der Waals surface area contributed by atoms with Crippen LogP contribution in [0.15, 0.2) is 42.5 Å². The van der Waals surface area contributed by atoms with Crippen LogP contribution in [0.25, 0.3) is 0 Å². The second kappa shape index (κ2) is 5.71. The second-order valence-corrected chi connectivity index (χ2v) is 4.61. The molecule has 2 aromatic carbocycles. The van der Waals surface area contributed by atoms with Crippen molar-refractivity contribution >= 4 is 23.0 Å². The number of non-ortho nitro benzene ring substituents is 1. The third-order valence-electron chi connectivity index (χ3n) is 2.85. The van der Waals surface area contributed by atoms with Gasteiger partial charge in [0.2, 0.25) is 0 Å². The number of hydrogen-bond donors (Lipinski definition) is 1. The quantitative estimate of drug-likeness (QED) is 0.673. The van der Waals surface area contributed by atoms with Gasteiger partial charge in [0.1, 0.15) is 0 Å². The van der Waals surface area contributed by atoms with Crippen LogP contribution in [0, 0.1) is 17.0 Å². The van der Waals surface area contributed by atoms with E-state index in [1.165, 1.54) is 12.1 Å². The van der Waals surface area contributed by atoms with Crippen molar-refractivity contribution in [3.05, 3.63) is 68.7 Å². The van der Waals surface area contributed by atoms with Gasteiger partial charge in [-0.15, -0.1) is 0 Å². The molecule has 2 rings (SSSR count). The Morgan fingerprint density at radius 3 is 2.68 bits per heavy atom. The van der Waals surface area contributed by atoms with Gasteiger partial charge in [-0.3, -0.25) is 10.1 Å². The maximum absolute atomic E-state index is 10.7. The highest BCUT2D eigenvalue weighted by molar-refractivity contribution is 6.31. The van der Waals surface area contributed by atoms with Gasteiger partial charge < -0.3 is 5.32 Å². The third-order valence-corrected chi connectivity index (χ3v) is 3.22. The summed E-state index contributed by atoms with van der Waals surface area (Å²) in [6, 6.07) is 12.3. The molecule has 0 atom stereocenters. The Morgan fingerprint density at radius 2 is 2.00 bits per heavy atom. The molecule has 0 spiro atoms. The van der Waals surface area contributed by atoms with Gasteiger partial charge in [0.05, 0.1) is 4.92 Å². The van der Waals surface area contributed by atoms with Crippen molar-refractivity contribution < 1.29 is 4.92 Å². The number of benzene rings is 2. The molecule has 0 unspecified atom stereocenters. The van der Waals surface area contributed by atoms with Crippen LogP contribution < -0.4 is 5.32 Å². The van der Waals surface area contributed by atoms with Crippen LogP contribution in [-0.2, 0) is 6.54 Å². The molecule has 1 N–H and O–H groups in total. The van der Waals surface area contributed by atoms with E-state index in [4.69, 9.17) is 11.6 Å². The first-order valence-corrected chi connectivity index (χ1v) is 6.18. The van der Waals surface area contributed by atoms with E-state index < -0.39 is 4.92 Å². The van der Waals surface area contributed by atoms with E-state index in [0.29, 0.717) is 17.1 Å². The summed E-state index contributed by atoms with van der Waals surface area (Å²) in [4.78, 5) is 10.3. The number of anilines is 1. The van der Waals surface area contributed by atoms with Crippen molar-refractivity contribution in [2.75, 3.05) is 5.32 Å². The maximum Gasteiger partial charge on any atom is 0.269 e. The molecule has 0 aromatic heterocycles. The molecule has 2 aromatic rings. The zero-order chi connectivity index (χ0) is 13.8. The number of para-hydroxylation sites is 1. The standard InChI is InChI=1S/C14H13ClN2O2/c1-10-4-2-3-5-14(10)16-9-11-8-12(17(18)19)6-7-13(11)15/h2-8,16H,9H2,1H3. The Morgan fingerprint density at radius 1 is 1.26 bits per heavy atom. The molecule has 0 bridgehead atoms. The number of aryl methyl sites for hydroxylation is 1. The highest BCUT2D eigenvalue weighted by Gasteiger charge is 2.09. The smallest absolute Gasteiger partial charge is 0.269 e. The second-order valence-electron chi connectivity index (χ2n) is 4.20. The number of hydrogen-bond acceptors (Lipinski definition) is 3. The van der Waals surface area contributed by atoms with E-state index in [2.05, 4.69) is 5.32 Å². The average molecular weight is 277 g/mol. The summed E-state index contributed by atoms with van der Waals surface area (Å²) in [5, 5.41) is 14.5. The molecule has 0 fully saturated rings. The molecular weight excluding hydrogens is 264 g/mol. The predicted octanol–water partition coefficient (Wildman–Crippen LogP) is 4.17. The van der Waals surface area contributed by atoms with E-state index in [1.807, 2.05) is 31.2 Å². The highest BCUT2D eigenvalue weighted by Crippen LogP contribution is 2.23. The fraction of sp³-hybridized carbons (Fsp3) is 0.143. The van der Waals surface area contributed by atoms with Gasteiger partial charge >= 0.3 is 0 Å². The van der Waals surface area contributed by atoms with Crippen LogP contribution in [0.1, 0.15) is 11.1 Å². The fourth-order valence-corrected chi connectivity index (χ4v) is 1.96. The number of rotatable bonds is 4. The Kier molecular flexibility index (Phi) is 4.02. The van der Waals surface area contributed by atoms with Crippen LogP contribution in [0.2, 0.25) is 5.02 Å². The number of nitrogens with zero attached hydrogens (tertiary/aromatic N) is 1. The minimum Gasteiger partial charge on any atom is -0.381 e. The Labute approximate surface area is 116 Å². The largest absolute Gasteiger partial charge is 0.381 e. The monoisotopic (exact) mass is 276 g/mol. The lowest BCUT2D eigenvalue weighted by Gasteiger charge is -2.10. The highest BCUT2D eigenvalue weighted by atomic mass is 35.5. The van der Waals surface area contributed by atoms with Gasteiger partial charge in [-0.05, 0) is 30.2 Å². The Balaban J connectivity index is 2.17. The summed E-state index contributed by atoms with van der Waals surface area (Å²) < 4.78 is 0. The third kappa shape index (κ3) is 3.23. The summed E-state index contributed by atoms with van der Waals surface area (Å²) in [5.41, 5.74) is 2.86. The van der Waals surface area contributed by atoms with Crippen molar-refractivity contribution in [2.24, 2.45) is 0 Å². The normalized spacial score (nSPS) is 10.2. The summed E-state index contributed by atoms with van der Waals surface area (Å²) >= 11 is 6.04. The summed E-state index contributed by atoms with van der Waals surface area (Å²) in [6.07, 6.45) is 0. The number of nitro groups is 1. The molecule has 4 nitrogen and oxygen atoms in total. The van der Waals surface area contributed by atoms with E-state index >= 15 is 0 Å². The number of nitro benzene ring substituents is 1. The molecule has 0 heterocycles. The van der Waals surface area contributed by atoms with Crippen LogP contribution in [0.3, 0.4) is 0 Å². The maximum atomic E-state index is 10.7. The van der Waals surface area contributed by atoms with Crippen molar-refractivity contribution in [1.29, 1.82) is 0 Å². The molecule has 0 aliphatic carbocycles. The fourth-order valence-electron chi connectivity index (χ4n) is 1.77. The summed E-state index contributed by atoms with van der Waals surface area (Å²) in [6.45, 7) is 2.45. The van der Waals surface area contributed by atoms with Crippen LogP contribution in [-0.4, -0.2) is 4.92 Å². The number of nitrogens with one attached hydrogen (secondary N) is 1. The SMILES string of the molecule is Cc1ccccc1NCc1cc([N+](=O)[O-])ccc1Cl. The van der Waals surface area contributed by atoms with Crippen LogP contribution in [0.4, 0.5) is 11.4 Å². The first-order valence-electron chi connectivity index (χ1n) is 5.80. The predicted molar refractivity (Wildman–Crippen MR) is 76.6 cm³/mol. The number of halogens is 1. The average Bonchev–Trinajstić information content (AvgIpc) is 2.39. The first-order chi connectivity index (χ1) is 9.08. The van der Waals surface area contributed by atoms with Gasteiger partial charge in [-0.2, -0.15) is 0 Å². The zero-order valence-electron chi connectivity index (χ0n) is 10.4. The lowest BCUT2D eigenvalue weighted by molar-refractivity contribution is -0.384. The Hall–Kier alpha value is -2.07. The summed E-state index contributed by atoms with van der Waals surface area (Å²) in [5.74, 6) is 0. The molecule has 0 saturated carbocycles. The molecule has 98 valence electrons. The van der Waals surface area contributed by atoms with Crippen molar-refractivity contribution in [3.63, 3.8) is 0 Å². The molecule has 19 heavy (non-hydrogen) atoms. The first kappa shape index (κ1) is 13.4. The molecule has 0 amide bonds. The molecule has 0 aliphatic heterocycles. The van der Waals surface area contributed by atoms with E-state index in [9.17, 15) is 10.1 Å². The lowest BCUT2D eigenvalue weighted by atomic mass is 10.1. The van der Waals surface area contributed by atoms with Crippen molar-refractivity contribution in [1.82, 2.24) is 0 Å². The minimum absolute atomic E-state index is 0.0472. The van der Waals surface area contributed by atoms with Crippen LogP contribution >= 0.6 is 11.6 Å². The molecular formula is C14H13ClN2O2. The van der Waals surface area contributed by atoms with E-state index in [0.717, 1.165) is 11.3 Å². The van der Waals surface area contributed by atoms with Gasteiger partial charge in [-0.1, -0.05) is 29.8 Å². The lowest BCUT2D eigenvalue weighted by Crippen LogP contribution is -2.02. The minimum atomic E-state index is -0.423.